The molecule has 1 aromatic carbocycles. The zero-order valence-electron chi connectivity index (χ0n) is 17.9. The van der Waals surface area contributed by atoms with Gasteiger partial charge in [0.2, 0.25) is 10.0 Å². The first kappa shape index (κ1) is 22.1. The molecule has 2 aliphatic heterocycles. The van der Waals surface area contributed by atoms with Gasteiger partial charge in [0.1, 0.15) is 0 Å². The van der Waals surface area contributed by atoms with Crippen molar-refractivity contribution in [1.29, 1.82) is 0 Å². The Kier molecular flexibility index (Phi) is 7.19. The van der Waals surface area contributed by atoms with E-state index in [1.807, 2.05) is 19.0 Å². The Morgan fingerprint density at radius 1 is 1.21 bits per heavy atom. The lowest BCUT2D eigenvalue weighted by atomic mass is 10.0. The van der Waals surface area contributed by atoms with Gasteiger partial charge in [0.25, 0.3) is 5.91 Å². The highest BCUT2D eigenvalue weighted by Crippen LogP contribution is 2.30. The smallest absolute Gasteiger partial charge is 0.279 e. The maximum Gasteiger partial charge on any atom is 0.279 e. The van der Waals surface area contributed by atoms with Gasteiger partial charge >= 0.3 is 0 Å². The zero-order chi connectivity index (χ0) is 21.0. The summed E-state index contributed by atoms with van der Waals surface area (Å²) in [6, 6.07) is 5.04. The number of amides is 1. The average Bonchev–Trinajstić information content (AvgIpc) is 2.68. The van der Waals surface area contributed by atoms with Gasteiger partial charge in [-0.2, -0.15) is 4.31 Å². The van der Waals surface area contributed by atoms with Gasteiger partial charge in [-0.15, -0.1) is 0 Å². The minimum absolute atomic E-state index is 0.0651. The molecule has 0 aromatic heterocycles. The molecule has 0 spiro atoms. The molecule has 29 heavy (non-hydrogen) atoms. The van der Waals surface area contributed by atoms with Crippen LogP contribution in [0.4, 0.5) is 11.4 Å². The number of piperidine rings is 2. The first-order chi connectivity index (χ1) is 13.8. The number of nitrogens with zero attached hydrogens (tertiary/aromatic N) is 2. The summed E-state index contributed by atoms with van der Waals surface area (Å²) in [6.07, 6.45) is 5.25. The van der Waals surface area contributed by atoms with Gasteiger partial charge in [-0.05, 0) is 43.9 Å². The molecule has 8 heteroatoms. The predicted molar refractivity (Wildman–Crippen MR) is 116 cm³/mol. The lowest BCUT2D eigenvalue weighted by molar-refractivity contribution is -0.900. The van der Waals surface area contributed by atoms with Crippen molar-refractivity contribution in [2.24, 2.45) is 5.92 Å². The molecule has 0 bridgehead atoms. The van der Waals surface area contributed by atoms with Gasteiger partial charge in [-0.25, -0.2) is 8.42 Å². The van der Waals surface area contributed by atoms with Crippen LogP contribution in [0.2, 0.25) is 0 Å². The van der Waals surface area contributed by atoms with E-state index in [2.05, 4.69) is 12.2 Å². The molecular formula is C21H35N4O3S+. The van der Waals surface area contributed by atoms with Gasteiger partial charge in [0, 0.05) is 33.1 Å². The molecule has 2 atom stereocenters. The standard InChI is InChI=1S/C21H34N4O3S/c1-17-8-7-11-24(15-17)16-21(26)22-19-14-18(9-10-20(19)23(2)3)29(27,28)25-12-5-4-6-13-25/h9-10,14,17H,4-8,11-13,15-16H2,1-3H3,(H,22,26)/p+1/t17-/m0/s1. The van der Waals surface area contributed by atoms with Gasteiger partial charge in [-0.1, -0.05) is 13.3 Å². The Morgan fingerprint density at radius 2 is 1.93 bits per heavy atom. The van der Waals surface area contributed by atoms with Crippen LogP contribution in [0.5, 0.6) is 0 Å². The lowest BCUT2D eigenvalue weighted by Crippen LogP contribution is -3.14. The summed E-state index contributed by atoms with van der Waals surface area (Å²) >= 11 is 0. The molecular weight excluding hydrogens is 388 g/mol. The normalized spacial score (nSPS) is 23.6. The molecule has 7 nitrogen and oxygen atoms in total. The third-order valence-corrected chi connectivity index (χ3v) is 7.85. The summed E-state index contributed by atoms with van der Waals surface area (Å²) in [5.74, 6) is 0.576. The van der Waals surface area contributed by atoms with Gasteiger partial charge in [0.15, 0.2) is 6.54 Å². The summed E-state index contributed by atoms with van der Waals surface area (Å²) in [7, 11) is 0.242. The monoisotopic (exact) mass is 423 g/mol. The van der Waals surface area contributed by atoms with Crippen molar-refractivity contribution < 1.29 is 18.1 Å². The molecule has 2 heterocycles. The molecule has 2 aliphatic rings. The van der Waals surface area contributed by atoms with Crippen LogP contribution in [0.15, 0.2) is 23.1 Å². The molecule has 2 saturated heterocycles. The fourth-order valence-electron chi connectivity index (χ4n) is 4.40. The highest BCUT2D eigenvalue weighted by atomic mass is 32.2. The van der Waals surface area contributed by atoms with Crippen LogP contribution in [0.25, 0.3) is 0 Å². The third kappa shape index (κ3) is 5.49. The number of sulfonamides is 1. The van der Waals surface area contributed by atoms with Crippen molar-refractivity contribution in [3.8, 4) is 0 Å². The number of quaternary nitrogens is 1. The minimum Gasteiger partial charge on any atom is -0.376 e. The zero-order valence-corrected chi connectivity index (χ0v) is 18.7. The topological polar surface area (TPSA) is 74.2 Å². The molecule has 1 aromatic rings. The first-order valence-corrected chi connectivity index (χ1v) is 12.2. The average molecular weight is 424 g/mol. The van der Waals surface area contributed by atoms with Gasteiger partial charge < -0.3 is 15.1 Å². The van der Waals surface area contributed by atoms with Crippen LogP contribution < -0.4 is 15.1 Å². The van der Waals surface area contributed by atoms with Gasteiger partial charge in [0.05, 0.1) is 29.4 Å². The molecule has 2 fully saturated rings. The van der Waals surface area contributed by atoms with Crippen molar-refractivity contribution in [1.82, 2.24) is 4.31 Å². The van der Waals surface area contributed by atoms with Crippen molar-refractivity contribution in [2.45, 2.75) is 43.9 Å². The third-order valence-electron chi connectivity index (χ3n) is 5.95. The van der Waals surface area contributed by atoms with Gasteiger partial charge in [-0.3, -0.25) is 4.79 Å². The number of benzene rings is 1. The van der Waals surface area contributed by atoms with E-state index in [-0.39, 0.29) is 10.8 Å². The van der Waals surface area contributed by atoms with Crippen molar-refractivity contribution in [2.75, 3.05) is 57.0 Å². The van der Waals surface area contributed by atoms with E-state index in [0.717, 1.165) is 44.5 Å². The molecule has 1 amide bonds. The van der Waals surface area contributed by atoms with Crippen LogP contribution in [0, 0.1) is 5.92 Å². The number of nitrogens with one attached hydrogen (secondary N) is 2. The van der Waals surface area contributed by atoms with Crippen molar-refractivity contribution >= 4 is 27.3 Å². The minimum atomic E-state index is -3.54. The fraction of sp³-hybridized carbons (Fsp3) is 0.667. The number of carbonyl (C=O) groups is 1. The summed E-state index contributed by atoms with van der Waals surface area (Å²) in [4.78, 5) is 16.2. The number of carbonyl (C=O) groups excluding carboxylic acids is 1. The maximum absolute atomic E-state index is 13.1. The van der Waals surface area contributed by atoms with E-state index in [9.17, 15) is 13.2 Å². The second-order valence-electron chi connectivity index (χ2n) is 8.71. The number of hydrogen-bond acceptors (Lipinski definition) is 4. The summed E-state index contributed by atoms with van der Waals surface area (Å²) in [5.41, 5.74) is 1.36. The number of hydrogen-bond donors (Lipinski definition) is 2. The largest absolute Gasteiger partial charge is 0.376 e. The Bertz CT molecular complexity index is 819. The predicted octanol–water partition coefficient (Wildman–Crippen LogP) is 1.18. The van der Waals surface area contributed by atoms with E-state index in [1.165, 1.54) is 11.3 Å². The van der Waals surface area contributed by atoms with E-state index in [4.69, 9.17) is 0 Å². The van der Waals surface area contributed by atoms with Crippen LogP contribution >= 0.6 is 0 Å². The quantitative estimate of drug-likeness (QED) is 0.721. The van der Waals surface area contributed by atoms with E-state index in [0.29, 0.717) is 31.2 Å². The molecule has 0 aliphatic carbocycles. The first-order valence-electron chi connectivity index (χ1n) is 10.7. The second kappa shape index (κ2) is 9.45. The Hall–Kier alpha value is -1.64. The summed E-state index contributed by atoms with van der Waals surface area (Å²) in [5, 5.41) is 2.99. The van der Waals surface area contributed by atoms with Crippen LogP contribution in [0.1, 0.15) is 39.0 Å². The second-order valence-corrected chi connectivity index (χ2v) is 10.7. The maximum atomic E-state index is 13.1. The SMILES string of the molecule is C[C@H]1CCC[NH+](CC(=O)Nc2cc(S(=O)(=O)N3CCCCC3)ccc2N(C)C)C1. The number of anilines is 2. The highest BCUT2D eigenvalue weighted by molar-refractivity contribution is 7.89. The Morgan fingerprint density at radius 3 is 2.59 bits per heavy atom. The lowest BCUT2D eigenvalue weighted by Gasteiger charge is -2.28. The molecule has 3 rings (SSSR count). The molecule has 1 unspecified atom stereocenters. The highest BCUT2D eigenvalue weighted by Gasteiger charge is 2.27. The number of likely N-dealkylation sites (tertiary alicyclic amines) is 1. The van der Waals surface area contributed by atoms with E-state index in [1.54, 1.807) is 22.5 Å². The van der Waals surface area contributed by atoms with Crippen LogP contribution in [-0.4, -0.2) is 65.4 Å². The van der Waals surface area contributed by atoms with Crippen LogP contribution in [0.3, 0.4) is 0 Å². The van der Waals surface area contributed by atoms with E-state index < -0.39 is 10.0 Å². The molecule has 162 valence electrons. The molecule has 0 saturated carbocycles. The van der Waals surface area contributed by atoms with E-state index >= 15 is 0 Å². The van der Waals surface area contributed by atoms with Crippen molar-refractivity contribution in [3.63, 3.8) is 0 Å². The summed E-state index contributed by atoms with van der Waals surface area (Å²) in [6.45, 7) is 5.81. The number of rotatable bonds is 6. The Balaban J connectivity index is 1.79. The molecule has 0 radical (unpaired) electrons. The van der Waals surface area contributed by atoms with Crippen LogP contribution in [-0.2, 0) is 14.8 Å². The van der Waals surface area contributed by atoms with Crippen molar-refractivity contribution in [3.05, 3.63) is 18.2 Å². The molecule has 2 N–H and O–H groups in total. The fourth-order valence-corrected chi connectivity index (χ4v) is 5.94. The summed E-state index contributed by atoms with van der Waals surface area (Å²) < 4.78 is 27.7. The Labute approximate surface area is 175 Å².